The number of furan rings is 1. The van der Waals surface area contributed by atoms with Crippen molar-refractivity contribution < 1.29 is 9.21 Å². The minimum absolute atomic E-state index is 0.0442. The van der Waals surface area contributed by atoms with Gasteiger partial charge in [0.1, 0.15) is 5.76 Å². The molecule has 1 aromatic carbocycles. The molecular weight excluding hydrogens is 202 g/mol. The monoisotopic (exact) mass is 213 g/mol. The van der Waals surface area contributed by atoms with Gasteiger partial charge in [0, 0.05) is 5.56 Å². The van der Waals surface area contributed by atoms with Crippen molar-refractivity contribution in [3.63, 3.8) is 0 Å². The fourth-order valence-electron chi connectivity index (χ4n) is 1.86. The third kappa shape index (κ3) is 1.55. The SMILES string of the molecule is O=C(c1ccccc1)[C@H]1N[C@@H]1c1ccco1. The molecule has 1 aliphatic heterocycles. The first-order chi connectivity index (χ1) is 7.86. The normalized spacial score (nSPS) is 23.0. The summed E-state index contributed by atoms with van der Waals surface area (Å²) >= 11 is 0. The summed E-state index contributed by atoms with van der Waals surface area (Å²) in [4.78, 5) is 12.0. The number of rotatable bonds is 3. The van der Waals surface area contributed by atoms with E-state index in [0.29, 0.717) is 0 Å². The van der Waals surface area contributed by atoms with E-state index in [1.54, 1.807) is 6.26 Å². The van der Waals surface area contributed by atoms with E-state index in [9.17, 15) is 4.79 Å². The number of Topliss-reactive ketones (excluding diaryl/α,β-unsaturated/α-hetero) is 1. The van der Waals surface area contributed by atoms with Crippen molar-refractivity contribution in [2.24, 2.45) is 0 Å². The summed E-state index contributed by atoms with van der Waals surface area (Å²) in [6.45, 7) is 0. The number of hydrogen-bond acceptors (Lipinski definition) is 3. The number of hydrogen-bond donors (Lipinski definition) is 1. The predicted octanol–water partition coefficient (Wildman–Crippen LogP) is 2.18. The Kier molecular flexibility index (Phi) is 2.11. The maximum Gasteiger partial charge on any atom is 0.181 e. The average molecular weight is 213 g/mol. The maximum atomic E-state index is 12.0. The number of carbonyl (C=O) groups is 1. The van der Waals surface area contributed by atoms with Crippen molar-refractivity contribution in [3.8, 4) is 0 Å². The van der Waals surface area contributed by atoms with Crippen LogP contribution in [0.4, 0.5) is 0 Å². The highest BCUT2D eigenvalue weighted by Gasteiger charge is 2.45. The summed E-state index contributed by atoms with van der Waals surface area (Å²) in [5.41, 5.74) is 0.744. The molecule has 16 heavy (non-hydrogen) atoms. The Hall–Kier alpha value is -1.87. The Morgan fingerprint density at radius 2 is 1.94 bits per heavy atom. The van der Waals surface area contributed by atoms with Gasteiger partial charge in [-0.15, -0.1) is 0 Å². The molecule has 0 radical (unpaired) electrons. The van der Waals surface area contributed by atoms with Crippen LogP contribution in [0.15, 0.2) is 53.1 Å². The zero-order valence-corrected chi connectivity index (χ0v) is 8.59. The molecule has 0 saturated carbocycles. The van der Waals surface area contributed by atoms with Gasteiger partial charge in [0.25, 0.3) is 0 Å². The second kappa shape index (κ2) is 3.61. The predicted molar refractivity (Wildman–Crippen MR) is 59.1 cm³/mol. The van der Waals surface area contributed by atoms with Gasteiger partial charge >= 0.3 is 0 Å². The summed E-state index contributed by atoms with van der Waals surface area (Å²) in [5.74, 6) is 0.955. The van der Waals surface area contributed by atoms with Gasteiger partial charge in [-0.2, -0.15) is 0 Å². The van der Waals surface area contributed by atoms with Gasteiger partial charge in [-0.25, -0.2) is 0 Å². The number of benzene rings is 1. The van der Waals surface area contributed by atoms with E-state index in [0.717, 1.165) is 11.3 Å². The molecule has 0 bridgehead atoms. The smallest absolute Gasteiger partial charge is 0.181 e. The number of nitrogens with one attached hydrogen (secondary N) is 1. The molecular formula is C13H11NO2. The van der Waals surface area contributed by atoms with Crippen LogP contribution in [0.5, 0.6) is 0 Å². The molecule has 80 valence electrons. The number of ketones is 1. The van der Waals surface area contributed by atoms with Crippen LogP contribution < -0.4 is 5.32 Å². The van der Waals surface area contributed by atoms with Crippen molar-refractivity contribution in [2.75, 3.05) is 0 Å². The zero-order chi connectivity index (χ0) is 11.0. The van der Waals surface area contributed by atoms with Crippen LogP contribution in [0.2, 0.25) is 0 Å². The van der Waals surface area contributed by atoms with Gasteiger partial charge in [0.05, 0.1) is 18.3 Å². The highest BCUT2D eigenvalue weighted by Crippen LogP contribution is 2.32. The Morgan fingerprint density at radius 1 is 1.12 bits per heavy atom. The molecule has 3 rings (SSSR count). The maximum absolute atomic E-state index is 12.0. The van der Waals surface area contributed by atoms with Gasteiger partial charge in [-0.3, -0.25) is 10.1 Å². The van der Waals surface area contributed by atoms with Gasteiger partial charge < -0.3 is 4.42 Å². The molecule has 1 fully saturated rings. The summed E-state index contributed by atoms with van der Waals surface area (Å²) in [6, 6.07) is 12.9. The second-order valence-electron chi connectivity index (χ2n) is 3.87. The van der Waals surface area contributed by atoms with E-state index in [2.05, 4.69) is 5.32 Å². The minimum Gasteiger partial charge on any atom is -0.468 e. The summed E-state index contributed by atoms with van der Waals surface area (Å²) in [7, 11) is 0. The lowest BCUT2D eigenvalue weighted by Crippen LogP contribution is -2.09. The second-order valence-corrected chi connectivity index (χ2v) is 3.87. The van der Waals surface area contributed by atoms with Crippen molar-refractivity contribution in [2.45, 2.75) is 12.1 Å². The van der Waals surface area contributed by atoms with E-state index < -0.39 is 0 Å². The van der Waals surface area contributed by atoms with E-state index in [-0.39, 0.29) is 17.9 Å². The molecule has 3 nitrogen and oxygen atoms in total. The Balaban J connectivity index is 1.76. The average Bonchev–Trinajstić information content (AvgIpc) is 2.95. The molecule has 0 unspecified atom stereocenters. The van der Waals surface area contributed by atoms with E-state index in [4.69, 9.17) is 4.42 Å². The van der Waals surface area contributed by atoms with Crippen LogP contribution in [0.1, 0.15) is 22.2 Å². The van der Waals surface area contributed by atoms with Crippen LogP contribution in [0.25, 0.3) is 0 Å². The molecule has 3 heteroatoms. The van der Waals surface area contributed by atoms with E-state index in [1.165, 1.54) is 0 Å². The van der Waals surface area contributed by atoms with Gasteiger partial charge in [-0.05, 0) is 12.1 Å². The Bertz CT molecular complexity index is 490. The molecule has 2 aromatic rings. The highest BCUT2D eigenvalue weighted by atomic mass is 16.3. The van der Waals surface area contributed by atoms with Crippen molar-refractivity contribution in [1.29, 1.82) is 0 Å². The fraction of sp³-hybridized carbons (Fsp3) is 0.154. The third-order valence-corrected chi connectivity index (χ3v) is 2.77. The summed E-state index contributed by atoms with van der Waals surface area (Å²) in [5, 5.41) is 3.13. The minimum atomic E-state index is -0.131. The van der Waals surface area contributed by atoms with Crippen LogP contribution in [0.3, 0.4) is 0 Å². The first-order valence-corrected chi connectivity index (χ1v) is 5.25. The standard InChI is InChI=1S/C13H11NO2/c15-13(9-5-2-1-3-6-9)12-11(14-12)10-7-4-8-16-10/h1-8,11-12,14H/t11-,12+/m1/s1. The fourth-order valence-corrected chi connectivity index (χ4v) is 1.86. The van der Waals surface area contributed by atoms with E-state index in [1.807, 2.05) is 42.5 Å². The summed E-state index contributed by atoms with van der Waals surface area (Å²) in [6.07, 6.45) is 1.62. The molecule has 2 atom stereocenters. The molecule has 1 N–H and O–H groups in total. The molecule has 0 aliphatic carbocycles. The number of carbonyl (C=O) groups excluding carboxylic acids is 1. The van der Waals surface area contributed by atoms with E-state index >= 15 is 0 Å². The van der Waals surface area contributed by atoms with Crippen LogP contribution in [0, 0.1) is 0 Å². The molecule has 0 amide bonds. The lowest BCUT2D eigenvalue weighted by molar-refractivity contribution is 0.0987. The molecule has 0 spiro atoms. The Labute approximate surface area is 93.1 Å². The molecule has 2 heterocycles. The van der Waals surface area contributed by atoms with Crippen LogP contribution >= 0.6 is 0 Å². The van der Waals surface area contributed by atoms with Crippen molar-refractivity contribution in [1.82, 2.24) is 5.32 Å². The quantitative estimate of drug-likeness (QED) is 0.628. The summed E-state index contributed by atoms with van der Waals surface area (Å²) < 4.78 is 5.26. The van der Waals surface area contributed by atoms with Crippen molar-refractivity contribution in [3.05, 3.63) is 60.1 Å². The topological polar surface area (TPSA) is 52.2 Å². The lowest BCUT2D eigenvalue weighted by atomic mass is 10.1. The van der Waals surface area contributed by atoms with Crippen LogP contribution in [-0.2, 0) is 0 Å². The highest BCUT2D eigenvalue weighted by molar-refractivity contribution is 6.02. The van der Waals surface area contributed by atoms with Gasteiger partial charge in [0.2, 0.25) is 0 Å². The van der Waals surface area contributed by atoms with Crippen molar-refractivity contribution >= 4 is 5.78 Å². The first kappa shape index (κ1) is 9.36. The first-order valence-electron chi connectivity index (χ1n) is 5.25. The van der Waals surface area contributed by atoms with Gasteiger partial charge in [0.15, 0.2) is 5.78 Å². The van der Waals surface area contributed by atoms with Crippen LogP contribution in [-0.4, -0.2) is 11.8 Å². The van der Waals surface area contributed by atoms with Gasteiger partial charge in [-0.1, -0.05) is 30.3 Å². The molecule has 1 saturated heterocycles. The molecule has 1 aliphatic rings. The third-order valence-electron chi connectivity index (χ3n) is 2.77. The molecule has 1 aromatic heterocycles. The lowest BCUT2D eigenvalue weighted by Gasteiger charge is -1.96. The largest absolute Gasteiger partial charge is 0.468 e. The Morgan fingerprint density at radius 3 is 2.62 bits per heavy atom. The zero-order valence-electron chi connectivity index (χ0n) is 8.59.